The molecule has 2 unspecified atom stereocenters. The van der Waals surface area contributed by atoms with Crippen LogP contribution in [0.3, 0.4) is 0 Å². The monoisotopic (exact) mass is 261 g/mol. The summed E-state index contributed by atoms with van der Waals surface area (Å²) in [7, 11) is 1.28. The summed E-state index contributed by atoms with van der Waals surface area (Å²) in [5.74, 6) is -0.577. The van der Waals surface area contributed by atoms with Gasteiger partial charge in [0, 0.05) is 12.2 Å². The largest absolute Gasteiger partial charge is 0.463 e. The molecule has 100 valence electrons. The average molecular weight is 261 g/mol. The second-order valence-electron chi connectivity index (χ2n) is 4.10. The normalized spacial score (nSPS) is 13.8. The summed E-state index contributed by atoms with van der Waals surface area (Å²) in [5, 5.41) is 4.09. The number of ether oxygens (including phenoxy) is 1. The Hall–Kier alpha value is -2.28. The maximum Gasteiger partial charge on any atom is 0.377 e. The van der Waals surface area contributed by atoms with Gasteiger partial charge in [-0.05, 0) is 19.1 Å². The summed E-state index contributed by atoms with van der Waals surface area (Å²) in [5.41, 5.74) is 6.74. The predicted octanol–water partition coefficient (Wildman–Crippen LogP) is 0.396. The quantitative estimate of drug-likeness (QED) is 0.800. The fourth-order valence-corrected chi connectivity index (χ4v) is 1.79. The van der Waals surface area contributed by atoms with Crippen LogP contribution in [0.15, 0.2) is 30.7 Å². The summed E-state index contributed by atoms with van der Waals surface area (Å²) in [4.78, 5) is 19.5. The SMILES string of the molecule is COC(=O)c1ncn(C(c2ccccn2)C(C)N)n1. The summed E-state index contributed by atoms with van der Waals surface area (Å²) >= 11 is 0. The molecule has 0 bridgehead atoms. The maximum absolute atomic E-state index is 11.3. The van der Waals surface area contributed by atoms with Crippen molar-refractivity contribution in [3.63, 3.8) is 0 Å². The molecule has 0 radical (unpaired) electrons. The number of esters is 1. The predicted molar refractivity (Wildman–Crippen MR) is 67.4 cm³/mol. The zero-order chi connectivity index (χ0) is 13.8. The van der Waals surface area contributed by atoms with Crippen LogP contribution in [0, 0.1) is 0 Å². The smallest absolute Gasteiger partial charge is 0.377 e. The molecule has 2 heterocycles. The van der Waals surface area contributed by atoms with Crippen LogP contribution < -0.4 is 5.73 Å². The van der Waals surface area contributed by atoms with Crippen molar-refractivity contribution in [2.75, 3.05) is 7.11 Å². The topological polar surface area (TPSA) is 95.9 Å². The van der Waals surface area contributed by atoms with Crippen LogP contribution in [0.5, 0.6) is 0 Å². The van der Waals surface area contributed by atoms with Crippen molar-refractivity contribution in [1.82, 2.24) is 19.7 Å². The minimum Gasteiger partial charge on any atom is -0.463 e. The lowest BCUT2D eigenvalue weighted by atomic mass is 10.1. The Morgan fingerprint density at radius 2 is 2.21 bits per heavy atom. The van der Waals surface area contributed by atoms with Gasteiger partial charge in [-0.1, -0.05) is 6.07 Å². The highest BCUT2D eigenvalue weighted by atomic mass is 16.5. The molecule has 0 aliphatic rings. The van der Waals surface area contributed by atoms with Crippen molar-refractivity contribution in [3.05, 3.63) is 42.2 Å². The third-order valence-corrected chi connectivity index (χ3v) is 2.65. The second-order valence-corrected chi connectivity index (χ2v) is 4.10. The molecule has 19 heavy (non-hydrogen) atoms. The van der Waals surface area contributed by atoms with Crippen LogP contribution in [0.2, 0.25) is 0 Å². The third-order valence-electron chi connectivity index (χ3n) is 2.65. The summed E-state index contributed by atoms with van der Waals surface area (Å²) in [6.45, 7) is 1.85. The van der Waals surface area contributed by atoms with Crippen LogP contribution in [-0.2, 0) is 4.74 Å². The number of carbonyl (C=O) groups is 1. The first-order chi connectivity index (χ1) is 9.13. The lowest BCUT2D eigenvalue weighted by Crippen LogP contribution is -2.31. The van der Waals surface area contributed by atoms with Crippen LogP contribution in [0.25, 0.3) is 0 Å². The number of hydrogen-bond acceptors (Lipinski definition) is 6. The molecule has 0 saturated heterocycles. The number of nitrogens with zero attached hydrogens (tertiary/aromatic N) is 4. The van der Waals surface area contributed by atoms with Crippen molar-refractivity contribution >= 4 is 5.97 Å². The number of aromatic nitrogens is 4. The van der Waals surface area contributed by atoms with Crippen molar-refractivity contribution in [1.29, 1.82) is 0 Å². The van der Waals surface area contributed by atoms with Gasteiger partial charge in [0.15, 0.2) is 0 Å². The molecule has 2 rings (SSSR count). The molecule has 0 aliphatic heterocycles. The van der Waals surface area contributed by atoms with E-state index >= 15 is 0 Å². The first-order valence-corrected chi connectivity index (χ1v) is 5.79. The van der Waals surface area contributed by atoms with Gasteiger partial charge in [0.2, 0.25) is 0 Å². The molecule has 7 heteroatoms. The van der Waals surface area contributed by atoms with Gasteiger partial charge in [-0.3, -0.25) is 4.98 Å². The van der Waals surface area contributed by atoms with Gasteiger partial charge < -0.3 is 10.5 Å². The Morgan fingerprint density at radius 3 is 2.79 bits per heavy atom. The Labute approximate surface area is 110 Å². The van der Waals surface area contributed by atoms with E-state index in [1.165, 1.54) is 18.1 Å². The van der Waals surface area contributed by atoms with E-state index in [1.54, 1.807) is 6.20 Å². The van der Waals surface area contributed by atoms with Crippen LogP contribution >= 0.6 is 0 Å². The van der Waals surface area contributed by atoms with E-state index in [4.69, 9.17) is 5.73 Å². The second kappa shape index (κ2) is 5.57. The van der Waals surface area contributed by atoms with Crippen LogP contribution in [0.1, 0.15) is 29.3 Å². The number of hydrogen-bond donors (Lipinski definition) is 1. The van der Waals surface area contributed by atoms with E-state index in [-0.39, 0.29) is 17.9 Å². The molecule has 0 saturated carbocycles. The Morgan fingerprint density at radius 1 is 1.42 bits per heavy atom. The van der Waals surface area contributed by atoms with Gasteiger partial charge in [0.1, 0.15) is 12.4 Å². The van der Waals surface area contributed by atoms with E-state index in [0.29, 0.717) is 0 Å². The first-order valence-electron chi connectivity index (χ1n) is 5.79. The molecule has 2 atom stereocenters. The molecule has 2 aromatic rings. The van der Waals surface area contributed by atoms with E-state index in [0.717, 1.165) is 5.69 Å². The molecule has 0 amide bonds. The molecule has 7 nitrogen and oxygen atoms in total. The van der Waals surface area contributed by atoms with Gasteiger partial charge in [0.05, 0.1) is 12.8 Å². The van der Waals surface area contributed by atoms with Gasteiger partial charge in [-0.2, -0.15) is 0 Å². The zero-order valence-electron chi connectivity index (χ0n) is 10.7. The number of carbonyl (C=O) groups excluding carboxylic acids is 1. The summed E-state index contributed by atoms with van der Waals surface area (Å²) < 4.78 is 6.10. The van der Waals surface area contributed by atoms with Crippen molar-refractivity contribution in [3.8, 4) is 0 Å². The van der Waals surface area contributed by atoms with Crippen LogP contribution in [0.4, 0.5) is 0 Å². The maximum atomic E-state index is 11.3. The molecule has 0 aromatic carbocycles. The molecule has 0 aliphatic carbocycles. The van der Waals surface area contributed by atoms with E-state index in [9.17, 15) is 4.79 Å². The van der Waals surface area contributed by atoms with Gasteiger partial charge in [-0.15, -0.1) is 5.10 Å². The summed E-state index contributed by atoms with van der Waals surface area (Å²) in [6.07, 6.45) is 3.14. The fraction of sp³-hybridized carbons (Fsp3) is 0.333. The minimum absolute atomic E-state index is 0.00378. The number of methoxy groups -OCH3 is 1. The molecule has 2 aromatic heterocycles. The summed E-state index contributed by atoms with van der Waals surface area (Å²) in [6, 6.07) is 5.03. The Kier molecular flexibility index (Phi) is 3.86. The van der Waals surface area contributed by atoms with Crippen LogP contribution in [-0.4, -0.2) is 38.9 Å². The Bertz CT molecular complexity index is 552. The Balaban J connectivity index is 2.35. The first kappa shape index (κ1) is 13.2. The standard InChI is InChI=1S/C12H15N5O2/c1-8(13)10(9-5-3-4-6-14-9)17-7-15-11(16-17)12(18)19-2/h3-8,10H,13H2,1-2H3. The lowest BCUT2D eigenvalue weighted by Gasteiger charge is -2.19. The number of nitrogens with two attached hydrogens (primary N) is 1. The highest BCUT2D eigenvalue weighted by molar-refractivity contribution is 5.84. The molecule has 0 fully saturated rings. The van der Waals surface area contributed by atoms with E-state index < -0.39 is 5.97 Å². The average Bonchev–Trinajstić information content (AvgIpc) is 2.88. The molecule has 0 spiro atoms. The molecular formula is C12H15N5O2. The number of pyridine rings is 1. The minimum atomic E-state index is -0.580. The highest BCUT2D eigenvalue weighted by Gasteiger charge is 2.22. The molecule has 2 N–H and O–H groups in total. The fourth-order valence-electron chi connectivity index (χ4n) is 1.79. The zero-order valence-corrected chi connectivity index (χ0v) is 10.7. The van der Waals surface area contributed by atoms with E-state index in [1.807, 2.05) is 25.1 Å². The lowest BCUT2D eigenvalue weighted by molar-refractivity contribution is 0.0586. The number of rotatable bonds is 4. The van der Waals surface area contributed by atoms with Gasteiger partial charge >= 0.3 is 5.97 Å². The van der Waals surface area contributed by atoms with Gasteiger partial charge in [0.25, 0.3) is 5.82 Å². The van der Waals surface area contributed by atoms with Crippen molar-refractivity contribution in [2.45, 2.75) is 19.0 Å². The van der Waals surface area contributed by atoms with Gasteiger partial charge in [-0.25, -0.2) is 14.5 Å². The molecular weight excluding hydrogens is 246 g/mol. The highest BCUT2D eigenvalue weighted by Crippen LogP contribution is 2.17. The van der Waals surface area contributed by atoms with Crippen molar-refractivity contribution < 1.29 is 9.53 Å². The third kappa shape index (κ3) is 2.76. The van der Waals surface area contributed by atoms with Crippen molar-refractivity contribution in [2.24, 2.45) is 5.73 Å². The van der Waals surface area contributed by atoms with E-state index in [2.05, 4.69) is 19.8 Å².